The van der Waals surface area contributed by atoms with Crippen LogP contribution in [-0.4, -0.2) is 52.8 Å². The van der Waals surface area contributed by atoms with E-state index in [1.807, 2.05) is 4.90 Å². The van der Waals surface area contributed by atoms with Crippen LogP contribution in [0.1, 0.15) is 29.5 Å². The summed E-state index contributed by atoms with van der Waals surface area (Å²) in [5.74, 6) is 2.60. The lowest BCUT2D eigenvalue weighted by Gasteiger charge is -2.34. The summed E-state index contributed by atoms with van der Waals surface area (Å²) in [6.07, 6.45) is 2.63. The van der Waals surface area contributed by atoms with Crippen molar-refractivity contribution in [1.29, 1.82) is 0 Å². The number of carbonyl (C=O) groups is 2. The Labute approximate surface area is 148 Å². The number of thioether (sulfide) groups is 1. The minimum Gasteiger partial charge on any atom is -0.335 e. The Morgan fingerprint density at radius 3 is 2.50 bits per heavy atom. The number of aryl methyl sites for hydroxylation is 2. The number of benzene rings is 1. The van der Waals surface area contributed by atoms with Gasteiger partial charge in [-0.15, -0.1) is 0 Å². The van der Waals surface area contributed by atoms with Crippen molar-refractivity contribution in [2.75, 3.05) is 31.1 Å². The zero-order valence-corrected chi connectivity index (χ0v) is 15.4. The van der Waals surface area contributed by atoms with Crippen LogP contribution < -0.4 is 0 Å². The van der Waals surface area contributed by atoms with E-state index in [0.29, 0.717) is 25.4 Å². The number of carbonyl (C=O) groups excluding carboxylic acids is 2. The Morgan fingerprint density at radius 2 is 1.88 bits per heavy atom. The maximum atomic E-state index is 12.4. The summed E-state index contributed by atoms with van der Waals surface area (Å²) in [7, 11) is 0. The van der Waals surface area contributed by atoms with Crippen LogP contribution in [0, 0.1) is 19.8 Å². The normalized spacial score (nSPS) is 18.2. The molecule has 1 aromatic carbocycles. The molecule has 0 spiro atoms. The molecule has 0 aromatic heterocycles. The fourth-order valence-electron chi connectivity index (χ4n) is 3.16. The van der Waals surface area contributed by atoms with E-state index in [9.17, 15) is 9.59 Å². The van der Waals surface area contributed by atoms with Gasteiger partial charge in [-0.2, -0.15) is 11.8 Å². The van der Waals surface area contributed by atoms with E-state index in [1.165, 1.54) is 29.5 Å². The quantitative estimate of drug-likeness (QED) is 0.795. The summed E-state index contributed by atoms with van der Waals surface area (Å²) < 4.78 is 0. The lowest BCUT2D eigenvalue weighted by Crippen LogP contribution is -2.52. The second kappa shape index (κ2) is 7.60. The van der Waals surface area contributed by atoms with Crippen molar-refractivity contribution in [2.24, 2.45) is 5.92 Å². The van der Waals surface area contributed by atoms with Crippen LogP contribution in [0.15, 0.2) is 18.2 Å². The third-order valence-corrected chi connectivity index (χ3v) is 5.76. The Morgan fingerprint density at radius 1 is 1.17 bits per heavy atom. The summed E-state index contributed by atoms with van der Waals surface area (Å²) in [6.45, 7) is 6.31. The van der Waals surface area contributed by atoms with Gasteiger partial charge in [0.15, 0.2) is 0 Å². The minimum atomic E-state index is 0.0564. The van der Waals surface area contributed by atoms with Crippen LogP contribution in [0.3, 0.4) is 0 Å². The molecule has 0 unspecified atom stereocenters. The highest BCUT2D eigenvalue weighted by Gasteiger charge is 2.27. The molecule has 2 fully saturated rings. The largest absolute Gasteiger partial charge is 0.335 e. The first kappa shape index (κ1) is 17.3. The molecular formula is C19H26N2O2S. The number of nitrogens with zero attached hydrogens (tertiary/aromatic N) is 2. The Kier molecular flexibility index (Phi) is 5.49. The lowest BCUT2D eigenvalue weighted by molar-refractivity contribution is -0.144. The molecule has 0 radical (unpaired) electrons. The highest BCUT2D eigenvalue weighted by atomic mass is 32.2. The second-order valence-corrected chi connectivity index (χ2v) is 8.12. The van der Waals surface area contributed by atoms with Gasteiger partial charge in [-0.05, 0) is 43.9 Å². The molecule has 4 nitrogen and oxygen atoms in total. The van der Waals surface area contributed by atoms with Crippen molar-refractivity contribution in [3.05, 3.63) is 34.9 Å². The lowest BCUT2D eigenvalue weighted by atomic mass is 10.1. The van der Waals surface area contributed by atoms with Crippen LogP contribution in [-0.2, 0) is 16.1 Å². The molecule has 1 aliphatic carbocycles. The Balaban J connectivity index is 1.49. The maximum absolute atomic E-state index is 12.4. The van der Waals surface area contributed by atoms with Gasteiger partial charge in [-0.1, -0.05) is 29.3 Å². The average Bonchev–Trinajstić information content (AvgIpc) is 3.32. The highest BCUT2D eigenvalue weighted by molar-refractivity contribution is 7.99. The van der Waals surface area contributed by atoms with Crippen LogP contribution >= 0.6 is 11.8 Å². The average molecular weight is 346 g/mol. The zero-order valence-electron chi connectivity index (χ0n) is 14.6. The minimum absolute atomic E-state index is 0.0564. The number of piperazine rings is 1. The SMILES string of the molecule is Cc1cc(C)cc(CN2CCN(C(=O)CSCC3CC3)CC2=O)c1. The molecule has 1 heterocycles. The van der Waals surface area contributed by atoms with Crippen LogP contribution in [0.4, 0.5) is 0 Å². The molecular weight excluding hydrogens is 320 g/mol. The molecule has 5 heteroatoms. The molecule has 24 heavy (non-hydrogen) atoms. The standard InChI is InChI=1S/C19H26N2O2S/c1-14-7-15(2)9-17(8-14)10-20-5-6-21(11-18(20)22)19(23)13-24-12-16-3-4-16/h7-9,16H,3-6,10-13H2,1-2H3. The first-order chi connectivity index (χ1) is 11.5. The van der Waals surface area contributed by atoms with E-state index >= 15 is 0 Å². The van der Waals surface area contributed by atoms with Crippen molar-refractivity contribution in [3.63, 3.8) is 0 Å². The van der Waals surface area contributed by atoms with Gasteiger partial charge in [0, 0.05) is 19.6 Å². The third kappa shape index (κ3) is 4.76. The van der Waals surface area contributed by atoms with Crippen molar-refractivity contribution in [2.45, 2.75) is 33.2 Å². The fraction of sp³-hybridized carbons (Fsp3) is 0.579. The van der Waals surface area contributed by atoms with Crippen molar-refractivity contribution >= 4 is 23.6 Å². The van der Waals surface area contributed by atoms with E-state index in [-0.39, 0.29) is 18.4 Å². The summed E-state index contributed by atoms with van der Waals surface area (Å²) in [6, 6.07) is 6.40. The second-order valence-electron chi connectivity index (χ2n) is 7.09. The maximum Gasteiger partial charge on any atom is 0.242 e. The van der Waals surface area contributed by atoms with E-state index in [1.54, 1.807) is 16.7 Å². The zero-order chi connectivity index (χ0) is 17.1. The molecule has 3 rings (SSSR count). The molecule has 130 valence electrons. The summed E-state index contributed by atoms with van der Waals surface area (Å²) in [5.41, 5.74) is 3.61. The third-order valence-electron chi connectivity index (χ3n) is 4.60. The molecule has 1 saturated heterocycles. The monoisotopic (exact) mass is 346 g/mol. The van der Waals surface area contributed by atoms with Gasteiger partial charge in [-0.3, -0.25) is 9.59 Å². The van der Waals surface area contributed by atoms with E-state index in [0.717, 1.165) is 11.7 Å². The molecule has 2 amide bonds. The fourth-order valence-corrected chi connectivity index (χ4v) is 4.30. The molecule has 1 saturated carbocycles. The first-order valence-electron chi connectivity index (χ1n) is 8.72. The molecule has 0 atom stereocenters. The predicted molar refractivity (Wildman–Crippen MR) is 98.0 cm³/mol. The van der Waals surface area contributed by atoms with Crippen LogP contribution in [0.5, 0.6) is 0 Å². The van der Waals surface area contributed by atoms with E-state index in [4.69, 9.17) is 0 Å². The number of hydrogen-bond donors (Lipinski definition) is 0. The summed E-state index contributed by atoms with van der Waals surface area (Å²) in [5, 5.41) is 0. The number of amides is 2. The van der Waals surface area contributed by atoms with Crippen molar-refractivity contribution in [3.8, 4) is 0 Å². The molecule has 1 aromatic rings. The van der Waals surface area contributed by atoms with E-state index in [2.05, 4.69) is 32.0 Å². The first-order valence-corrected chi connectivity index (χ1v) is 9.87. The van der Waals surface area contributed by atoms with Gasteiger partial charge in [-0.25, -0.2) is 0 Å². The molecule has 0 bridgehead atoms. The van der Waals surface area contributed by atoms with Gasteiger partial charge in [0.25, 0.3) is 0 Å². The Hall–Kier alpha value is -1.49. The van der Waals surface area contributed by atoms with E-state index < -0.39 is 0 Å². The Bertz CT molecular complexity index is 608. The van der Waals surface area contributed by atoms with Gasteiger partial charge in [0.1, 0.15) is 0 Å². The van der Waals surface area contributed by atoms with Gasteiger partial charge in [0.2, 0.25) is 11.8 Å². The number of hydrogen-bond acceptors (Lipinski definition) is 3. The van der Waals surface area contributed by atoms with Crippen molar-refractivity contribution in [1.82, 2.24) is 9.80 Å². The van der Waals surface area contributed by atoms with Crippen LogP contribution in [0.2, 0.25) is 0 Å². The van der Waals surface area contributed by atoms with Gasteiger partial charge >= 0.3 is 0 Å². The summed E-state index contributed by atoms with van der Waals surface area (Å²) >= 11 is 1.72. The summed E-state index contributed by atoms with van der Waals surface area (Å²) in [4.78, 5) is 28.2. The highest BCUT2D eigenvalue weighted by Crippen LogP contribution is 2.32. The topological polar surface area (TPSA) is 40.6 Å². The van der Waals surface area contributed by atoms with Gasteiger partial charge in [0.05, 0.1) is 12.3 Å². The van der Waals surface area contributed by atoms with Crippen LogP contribution in [0.25, 0.3) is 0 Å². The number of rotatable bonds is 6. The smallest absolute Gasteiger partial charge is 0.242 e. The molecule has 2 aliphatic rings. The molecule has 1 aliphatic heterocycles. The van der Waals surface area contributed by atoms with Crippen molar-refractivity contribution < 1.29 is 9.59 Å². The molecule has 0 N–H and O–H groups in total. The predicted octanol–water partition coefficient (Wildman–Crippen LogP) is 2.62. The van der Waals surface area contributed by atoms with Gasteiger partial charge < -0.3 is 9.80 Å².